The van der Waals surface area contributed by atoms with E-state index >= 15 is 0 Å². The van der Waals surface area contributed by atoms with Crippen LogP contribution in [0.4, 0.5) is 4.39 Å². The van der Waals surface area contributed by atoms with Gasteiger partial charge in [-0.05, 0) is 42.9 Å². The first-order valence-electron chi connectivity index (χ1n) is 5.22. The summed E-state index contributed by atoms with van der Waals surface area (Å²) in [5.41, 5.74) is 1.25. The van der Waals surface area contributed by atoms with Gasteiger partial charge >= 0.3 is 0 Å². The van der Waals surface area contributed by atoms with E-state index < -0.39 is 0 Å². The molecule has 1 saturated heterocycles. The highest BCUT2D eigenvalue weighted by atomic mass is 19.1. The van der Waals surface area contributed by atoms with Crippen LogP contribution in [0.2, 0.25) is 0 Å². The summed E-state index contributed by atoms with van der Waals surface area (Å²) in [6.07, 6.45) is 3.46. The summed E-state index contributed by atoms with van der Waals surface area (Å²) in [4.78, 5) is 0. The second-order valence-corrected chi connectivity index (χ2v) is 3.94. The molecule has 75 valence electrons. The van der Waals surface area contributed by atoms with Gasteiger partial charge in [-0.25, -0.2) is 9.71 Å². The van der Waals surface area contributed by atoms with Crippen molar-refractivity contribution in [2.75, 3.05) is 13.1 Å². The van der Waals surface area contributed by atoms with Gasteiger partial charge in [0.05, 0.1) is 0 Å². The van der Waals surface area contributed by atoms with Crippen molar-refractivity contribution >= 4 is 0 Å². The minimum Gasteiger partial charge on any atom is -0.242 e. The molecule has 0 saturated carbocycles. The molecule has 0 aromatic heterocycles. The van der Waals surface area contributed by atoms with Crippen molar-refractivity contribution in [2.45, 2.75) is 19.3 Å². The number of piperidine rings is 1. The predicted molar refractivity (Wildman–Crippen MR) is 54.7 cm³/mol. The van der Waals surface area contributed by atoms with Crippen LogP contribution in [0.25, 0.3) is 0 Å². The summed E-state index contributed by atoms with van der Waals surface area (Å²) in [5, 5.41) is 4.32. The van der Waals surface area contributed by atoms with E-state index in [0.717, 1.165) is 25.4 Å². The van der Waals surface area contributed by atoms with Crippen LogP contribution in [0.5, 0.6) is 0 Å². The third-order valence-electron chi connectivity index (χ3n) is 2.83. The maximum atomic E-state index is 12.7. The van der Waals surface area contributed by atoms with E-state index in [-0.39, 0.29) is 5.82 Å². The molecule has 1 nitrogen and oxygen atoms in total. The maximum Gasteiger partial charge on any atom is 0.123 e. The Morgan fingerprint density at radius 3 is 2.43 bits per heavy atom. The van der Waals surface area contributed by atoms with Crippen LogP contribution < -0.4 is 5.32 Å². The minimum absolute atomic E-state index is 0.146. The van der Waals surface area contributed by atoms with Crippen LogP contribution in [-0.4, -0.2) is 13.1 Å². The van der Waals surface area contributed by atoms with Gasteiger partial charge in [-0.3, -0.25) is 0 Å². The van der Waals surface area contributed by atoms with Crippen LogP contribution in [0.1, 0.15) is 18.4 Å². The van der Waals surface area contributed by atoms with E-state index in [2.05, 4.69) is 5.32 Å². The lowest BCUT2D eigenvalue weighted by atomic mass is 9.91. The molecular weight excluding hydrogens is 177 g/mol. The van der Waals surface area contributed by atoms with Gasteiger partial charge in [0, 0.05) is 13.1 Å². The Hall–Kier alpha value is -0.890. The Morgan fingerprint density at radius 2 is 1.79 bits per heavy atom. The van der Waals surface area contributed by atoms with Gasteiger partial charge in [0.2, 0.25) is 0 Å². The first-order valence-corrected chi connectivity index (χ1v) is 5.22. The lowest BCUT2D eigenvalue weighted by molar-refractivity contribution is 0.368. The molecule has 0 amide bonds. The predicted octanol–water partition coefficient (Wildman–Crippen LogP) is 2.38. The number of benzene rings is 1. The zero-order valence-electron chi connectivity index (χ0n) is 8.25. The highest BCUT2D eigenvalue weighted by Gasteiger charge is 2.13. The molecule has 14 heavy (non-hydrogen) atoms. The van der Waals surface area contributed by atoms with Crippen molar-refractivity contribution in [3.63, 3.8) is 0 Å². The largest absolute Gasteiger partial charge is 0.242 e. The molecule has 0 atom stereocenters. The maximum absolute atomic E-state index is 12.7. The van der Waals surface area contributed by atoms with E-state index in [9.17, 15) is 4.39 Å². The Morgan fingerprint density at radius 1 is 1.14 bits per heavy atom. The number of rotatable bonds is 2. The standard InChI is InChI=1S/C12H15FN/c13-12-3-1-10(2-4-12)9-11-5-7-14-8-6-11/h1-4,11H,5-9H2. The normalized spacial score (nSPS) is 18.4. The van der Waals surface area contributed by atoms with Gasteiger partial charge in [0.15, 0.2) is 0 Å². The average molecular weight is 192 g/mol. The average Bonchev–Trinajstić information content (AvgIpc) is 2.23. The zero-order valence-corrected chi connectivity index (χ0v) is 8.25. The quantitative estimate of drug-likeness (QED) is 0.683. The number of nitrogens with zero attached hydrogens (tertiary/aromatic N) is 1. The zero-order chi connectivity index (χ0) is 9.80. The fraction of sp³-hybridized carbons (Fsp3) is 0.500. The molecule has 1 aromatic rings. The Balaban J connectivity index is 1.92. The van der Waals surface area contributed by atoms with Crippen molar-refractivity contribution in [2.24, 2.45) is 5.92 Å². The molecule has 0 N–H and O–H groups in total. The monoisotopic (exact) mass is 192 g/mol. The lowest BCUT2D eigenvalue weighted by Crippen LogP contribution is -2.23. The van der Waals surface area contributed by atoms with Crippen molar-refractivity contribution in [3.05, 3.63) is 35.6 Å². The van der Waals surface area contributed by atoms with E-state index in [1.54, 1.807) is 12.1 Å². The molecule has 0 bridgehead atoms. The molecule has 0 aliphatic carbocycles. The Bertz CT molecular complexity index is 275. The van der Waals surface area contributed by atoms with Gasteiger partial charge in [0.25, 0.3) is 0 Å². The van der Waals surface area contributed by atoms with E-state index in [4.69, 9.17) is 0 Å². The van der Waals surface area contributed by atoms with Crippen LogP contribution in [0, 0.1) is 11.7 Å². The summed E-state index contributed by atoms with van der Waals surface area (Å²) in [7, 11) is 0. The van der Waals surface area contributed by atoms with E-state index in [1.807, 2.05) is 12.1 Å². The van der Waals surface area contributed by atoms with Crippen molar-refractivity contribution < 1.29 is 4.39 Å². The summed E-state index contributed by atoms with van der Waals surface area (Å²) in [6, 6.07) is 6.87. The first-order chi connectivity index (χ1) is 6.84. The molecular formula is C12H15FN. The van der Waals surface area contributed by atoms with Gasteiger partial charge < -0.3 is 0 Å². The first kappa shape index (κ1) is 9.66. The molecule has 1 aromatic carbocycles. The van der Waals surface area contributed by atoms with Gasteiger partial charge in [-0.1, -0.05) is 12.1 Å². The molecule has 2 heteroatoms. The molecule has 1 heterocycles. The highest BCUT2D eigenvalue weighted by molar-refractivity contribution is 5.16. The molecule has 0 spiro atoms. The highest BCUT2D eigenvalue weighted by Crippen LogP contribution is 2.18. The summed E-state index contributed by atoms with van der Waals surface area (Å²) in [5.74, 6) is 0.602. The number of halogens is 1. The van der Waals surface area contributed by atoms with Crippen LogP contribution in [0.15, 0.2) is 24.3 Å². The number of hydrogen-bond donors (Lipinski definition) is 0. The Kier molecular flexibility index (Phi) is 3.14. The molecule has 1 aliphatic rings. The van der Waals surface area contributed by atoms with Gasteiger partial charge in [-0.15, -0.1) is 0 Å². The third kappa shape index (κ3) is 2.55. The van der Waals surface area contributed by atoms with Crippen molar-refractivity contribution in [1.82, 2.24) is 5.32 Å². The SMILES string of the molecule is Fc1ccc(CC2CC[N]CC2)cc1. The fourth-order valence-electron chi connectivity index (χ4n) is 1.96. The molecule has 0 unspecified atom stereocenters. The van der Waals surface area contributed by atoms with Crippen LogP contribution in [-0.2, 0) is 6.42 Å². The van der Waals surface area contributed by atoms with E-state index in [1.165, 1.54) is 18.4 Å². The second kappa shape index (κ2) is 4.56. The molecule has 1 aliphatic heterocycles. The topological polar surface area (TPSA) is 14.1 Å². The molecule has 1 radical (unpaired) electrons. The summed E-state index contributed by atoms with van der Waals surface area (Å²) in [6.45, 7) is 2.01. The third-order valence-corrected chi connectivity index (χ3v) is 2.83. The van der Waals surface area contributed by atoms with E-state index in [0.29, 0.717) is 0 Å². The lowest BCUT2D eigenvalue weighted by Gasteiger charge is -2.21. The second-order valence-electron chi connectivity index (χ2n) is 3.94. The molecule has 2 rings (SSSR count). The number of hydrogen-bond acceptors (Lipinski definition) is 0. The van der Waals surface area contributed by atoms with Crippen LogP contribution in [0.3, 0.4) is 0 Å². The van der Waals surface area contributed by atoms with Gasteiger partial charge in [0.1, 0.15) is 5.82 Å². The summed E-state index contributed by atoms with van der Waals surface area (Å²) < 4.78 is 12.7. The van der Waals surface area contributed by atoms with Crippen LogP contribution >= 0.6 is 0 Å². The smallest absolute Gasteiger partial charge is 0.123 e. The van der Waals surface area contributed by atoms with Crippen molar-refractivity contribution in [3.8, 4) is 0 Å². The van der Waals surface area contributed by atoms with Gasteiger partial charge in [-0.2, -0.15) is 0 Å². The minimum atomic E-state index is -0.146. The fourth-order valence-corrected chi connectivity index (χ4v) is 1.96. The Labute approximate surface area is 84.3 Å². The van der Waals surface area contributed by atoms with Crippen molar-refractivity contribution in [1.29, 1.82) is 0 Å². The molecule has 1 fully saturated rings. The summed E-state index contributed by atoms with van der Waals surface area (Å²) >= 11 is 0.